The summed E-state index contributed by atoms with van der Waals surface area (Å²) >= 11 is 1.46. The number of methoxy groups -OCH3 is 1. The van der Waals surface area contributed by atoms with E-state index in [1.807, 2.05) is 30.5 Å². The molecular formula is C24H29NO5S. The van der Waals surface area contributed by atoms with Crippen molar-refractivity contribution in [2.75, 3.05) is 26.9 Å². The third kappa shape index (κ3) is 4.99. The van der Waals surface area contributed by atoms with Crippen LogP contribution in [0.3, 0.4) is 0 Å². The SMILES string of the molecule is COCCCN1C(=O)C(=O)/C(=C(/O)c2ccc(OCC(C)C)cc2C)[C@H]1c1cccs1. The van der Waals surface area contributed by atoms with Crippen molar-refractivity contribution in [1.29, 1.82) is 0 Å². The summed E-state index contributed by atoms with van der Waals surface area (Å²) in [6.07, 6.45) is 0.604. The number of benzene rings is 1. The van der Waals surface area contributed by atoms with Gasteiger partial charge in [-0.3, -0.25) is 9.59 Å². The smallest absolute Gasteiger partial charge is 0.295 e. The minimum absolute atomic E-state index is 0.129. The molecule has 1 aromatic heterocycles. The molecule has 1 aliphatic heterocycles. The third-order valence-electron chi connectivity index (χ3n) is 5.14. The van der Waals surface area contributed by atoms with E-state index in [1.165, 1.54) is 16.2 Å². The van der Waals surface area contributed by atoms with Gasteiger partial charge < -0.3 is 19.5 Å². The lowest BCUT2D eigenvalue weighted by molar-refractivity contribution is -0.140. The van der Waals surface area contributed by atoms with Crippen LogP contribution >= 0.6 is 11.3 Å². The summed E-state index contributed by atoms with van der Waals surface area (Å²) in [7, 11) is 1.60. The van der Waals surface area contributed by atoms with Crippen molar-refractivity contribution in [1.82, 2.24) is 4.90 Å². The quantitative estimate of drug-likeness (QED) is 0.266. The predicted molar refractivity (Wildman–Crippen MR) is 121 cm³/mol. The molecule has 1 aliphatic rings. The fourth-order valence-corrected chi connectivity index (χ4v) is 4.48. The van der Waals surface area contributed by atoms with Crippen molar-refractivity contribution in [2.45, 2.75) is 33.2 Å². The number of ether oxygens (including phenoxy) is 2. The van der Waals surface area contributed by atoms with Crippen LogP contribution < -0.4 is 4.74 Å². The van der Waals surface area contributed by atoms with Gasteiger partial charge in [-0.05, 0) is 54.5 Å². The number of rotatable bonds is 9. The molecule has 7 heteroatoms. The first-order chi connectivity index (χ1) is 14.8. The molecule has 1 aromatic carbocycles. The molecule has 1 fully saturated rings. The van der Waals surface area contributed by atoms with Crippen molar-refractivity contribution >= 4 is 28.8 Å². The average molecular weight is 444 g/mol. The Labute approximate surface area is 187 Å². The molecule has 166 valence electrons. The Morgan fingerprint density at radius 2 is 2.03 bits per heavy atom. The van der Waals surface area contributed by atoms with Gasteiger partial charge in [-0.2, -0.15) is 0 Å². The van der Waals surface area contributed by atoms with Crippen LogP contribution in [0, 0.1) is 12.8 Å². The number of carbonyl (C=O) groups excluding carboxylic acids is 2. The Bertz CT molecular complexity index is 964. The zero-order valence-corrected chi connectivity index (χ0v) is 19.2. The lowest BCUT2D eigenvalue weighted by atomic mass is 9.97. The average Bonchev–Trinajstić information content (AvgIpc) is 3.34. The van der Waals surface area contributed by atoms with Crippen molar-refractivity contribution < 1.29 is 24.2 Å². The lowest BCUT2D eigenvalue weighted by Crippen LogP contribution is -2.31. The molecule has 1 amide bonds. The highest BCUT2D eigenvalue weighted by Crippen LogP contribution is 2.41. The van der Waals surface area contributed by atoms with Crippen LogP contribution in [0.25, 0.3) is 5.76 Å². The van der Waals surface area contributed by atoms with E-state index < -0.39 is 17.7 Å². The molecule has 31 heavy (non-hydrogen) atoms. The number of thiophene rings is 1. The van der Waals surface area contributed by atoms with Crippen molar-refractivity contribution in [3.05, 3.63) is 57.3 Å². The van der Waals surface area contributed by atoms with Crippen molar-refractivity contribution in [2.24, 2.45) is 5.92 Å². The first-order valence-corrected chi connectivity index (χ1v) is 11.3. The summed E-state index contributed by atoms with van der Waals surface area (Å²) in [4.78, 5) is 28.2. The topological polar surface area (TPSA) is 76.1 Å². The minimum atomic E-state index is -0.659. The van der Waals surface area contributed by atoms with Gasteiger partial charge in [-0.1, -0.05) is 19.9 Å². The van der Waals surface area contributed by atoms with Crippen LogP contribution in [-0.4, -0.2) is 48.6 Å². The number of hydrogen-bond donors (Lipinski definition) is 1. The van der Waals surface area contributed by atoms with E-state index in [2.05, 4.69) is 13.8 Å². The van der Waals surface area contributed by atoms with Crippen LogP contribution in [-0.2, 0) is 14.3 Å². The van der Waals surface area contributed by atoms with E-state index in [4.69, 9.17) is 9.47 Å². The number of Topliss-reactive ketones (excluding diaryl/α,β-unsaturated/α-hetero) is 1. The van der Waals surface area contributed by atoms with Crippen molar-refractivity contribution in [3.63, 3.8) is 0 Å². The number of carbonyl (C=O) groups is 2. The van der Waals surface area contributed by atoms with Crippen LogP contribution in [0.2, 0.25) is 0 Å². The fraction of sp³-hybridized carbons (Fsp3) is 0.417. The number of hydrogen-bond acceptors (Lipinski definition) is 6. The molecule has 0 aliphatic carbocycles. The van der Waals surface area contributed by atoms with Gasteiger partial charge in [0.05, 0.1) is 18.2 Å². The van der Waals surface area contributed by atoms with E-state index in [1.54, 1.807) is 19.2 Å². The zero-order chi connectivity index (χ0) is 22.5. The Morgan fingerprint density at radius 1 is 1.26 bits per heavy atom. The number of aliphatic hydroxyl groups excluding tert-OH is 1. The molecule has 0 bridgehead atoms. The molecule has 0 saturated carbocycles. The van der Waals surface area contributed by atoms with Crippen LogP contribution in [0.4, 0.5) is 0 Å². The normalized spacial score (nSPS) is 18.2. The zero-order valence-electron chi connectivity index (χ0n) is 18.4. The maximum absolute atomic E-state index is 13.0. The molecule has 2 aromatic rings. The first-order valence-electron chi connectivity index (χ1n) is 10.4. The molecule has 1 saturated heterocycles. The molecule has 1 atom stereocenters. The standard InChI is InChI=1S/C24H29NO5S/c1-15(2)14-30-17-8-9-18(16(3)13-17)22(26)20-21(19-7-5-12-31-19)25(10-6-11-29-4)24(28)23(20)27/h5,7-9,12-13,15,21,26H,6,10-11,14H2,1-4H3/b22-20+/t21-/m1/s1. The van der Waals surface area contributed by atoms with Crippen LogP contribution in [0.1, 0.15) is 42.3 Å². The fourth-order valence-electron chi connectivity index (χ4n) is 3.63. The van der Waals surface area contributed by atoms with E-state index in [9.17, 15) is 14.7 Å². The molecular weight excluding hydrogens is 414 g/mol. The lowest BCUT2D eigenvalue weighted by Gasteiger charge is -2.24. The second-order valence-corrected chi connectivity index (χ2v) is 9.02. The number of ketones is 1. The molecule has 0 unspecified atom stereocenters. The Kier molecular flexibility index (Phi) is 7.51. The summed E-state index contributed by atoms with van der Waals surface area (Å²) in [6, 6.07) is 8.51. The molecule has 2 heterocycles. The number of aryl methyl sites for hydroxylation is 1. The maximum Gasteiger partial charge on any atom is 0.295 e. The van der Waals surface area contributed by atoms with E-state index >= 15 is 0 Å². The van der Waals surface area contributed by atoms with E-state index in [0.29, 0.717) is 43.4 Å². The Morgan fingerprint density at radius 3 is 2.65 bits per heavy atom. The van der Waals surface area contributed by atoms with Gasteiger partial charge in [0.15, 0.2) is 0 Å². The molecule has 1 N–H and O–H groups in total. The number of likely N-dealkylation sites (tertiary alicyclic amines) is 1. The van der Waals surface area contributed by atoms with Gasteiger partial charge in [0.1, 0.15) is 11.5 Å². The maximum atomic E-state index is 13.0. The number of aliphatic hydroxyl groups is 1. The van der Waals surface area contributed by atoms with Crippen LogP contribution in [0.5, 0.6) is 5.75 Å². The van der Waals surface area contributed by atoms with Crippen LogP contribution in [0.15, 0.2) is 41.3 Å². The van der Waals surface area contributed by atoms with Crippen molar-refractivity contribution in [3.8, 4) is 5.75 Å². The minimum Gasteiger partial charge on any atom is -0.507 e. The molecule has 3 rings (SSSR count). The van der Waals surface area contributed by atoms with Gasteiger partial charge in [0.25, 0.3) is 11.7 Å². The van der Waals surface area contributed by atoms with Gasteiger partial charge in [0.2, 0.25) is 0 Å². The Hall–Kier alpha value is -2.64. The summed E-state index contributed by atoms with van der Waals surface area (Å²) in [5.41, 5.74) is 1.42. The second-order valence-electron chi connectivity index (χ2n) is 8.04. The number of nitrogens with zero attached hydrogens (tertiary/aromatic N) is 1. The van der Waals surface area contributed by atoms with Gasteiger partial charge in [-0.15, -0.1) is 11.3 Å². The third-order valence-corrected chi connectivity index (χ3v) is 6.06. The number of amides is 1. The monoisotopic (exact) mass is 443 g/mol. The second kappa shape index (κ2) is 10.1. The molecule has 0 spiro atoms. The first kappa shape index (κ1) is 23.0. The van der Waals surface area contributed by atoms with Gasteiger partial charge in [0, 0.05) is 30.7 Å². The molecule has 6 nitrogen and oxygen atoms in total. The predicted octanol–water partition coefficient (Wildman–Crippen LogP) is 4.55. The van der Waals surface area contributed by atoms with Gasteiger partial charge in [-0.25, -0.2) is 0 Å². The summed E-state index contributed by atoms with van der Waals surface area (Å²) < 4.78 is 10.9. The highest BCUT2D eigenvalue weighted by molar-refractivity contribution is 7.10. The highest BCUT2D eigenvalue weighted by atomic mass is 32.1. The van der Waals surface area contributed by atoms with E-state index in [0.717, 1.165) is 10.4 Å². The Balaban J connectivity index is 2.01. The summed E-state index contributed by atoms with van der Waals surface area (Å²) in [5.74, 6) is -0.303. The van der Waals surface area contributed by atoms with E-state index in [-0.39, 0.29) is 11.3 Å². The summed E-state index contributed by atoms with van der Waals surface area (Å²) in [6.45, 7) is 7.45. The summed E-state index contributed by atoms with van der Waals surface area (Å²) in [5, 5.41) is 13.1. The van der Waals surface area contributed by atoms with Gasteiger partial charge >= 0.3 is 0 Å². The highest BCUT2D eigenvalue weighted by Gasteiger charge is 2.46. The molecule has 0 radical (unpaired) electrons. The largest absolute Gasteiger partial charge is 0.507 e.